The smallest absolute Gasteiger partial charge is 0.219 e. The van der Waals surface area contributed by atoms with Crippen molar-refractivity contribution in [2.24, 2.45) is 0 Å². The lowest BCUT2D eigenvalue weighted by Gasteiger charge is -2.30. The van der Waals surface area contributed by atoms with E-state index in [0.29, 0.717) is 10.3 Å². The summed E-state index contributed by atoms with van der Waals surface area (Å²) in [5.74, 6) is 0. The lowest BCUT2D eigenvalue weighted by Crippen LogP contribution is -2.38. The third-order valence-corrected chi connectivity index (χ3v) is 6.71. The minimum absolute atomic E-state index is 0.151. The van der Waals surface area contributed by atoms with Gasteiger partial charge in [-0.15, -0.1) is 0 Å². The highest BCUT2D eigenvalue weighted by Crippen LogP contribution is 2.37. The molecule has 1 atom stereocenters. The first-order valence-electron chi connectivity index (χ1n) is 10.3. The molecule has 0 saturated heterocycles. The fourth-order valence-corrected chi connectivity index (χ4v) is 4.60. The highest BCUT2D eigenvalue weighted by Gasteiger charge is 2.39. The molecule has 1 aromatic carbocycles. The van der Waals surface area contributed by atoms with Crippen LogP contribution in [-0.2, 0) is 18.5 Å². The third kappa shape index (κ3) is 4.43. The predicted molar refractivity (Wildman–Crippen MR) is 115 cm³/mol. The quantitative estimate of drug-likeness (QED) is 0.319. The fourth-order valence-electron chi connectivity index (χ4n) is 4.06. The number of aromatic nitrogens is 2. The summed E-state index contributed by atoms with van der Waals surface area (Å²) in [7, 11) is 0. The van der Waals surface area contributed by atoms with Crippen LogP contribution in [0.1, 0.15) is 69.9 Å². The minimum Gasteiger partial charge on any atom is -0.219 e. The van der Waals surface area contributed by atoms with Crippen LogP contribution >= 0.6 is 23.2 Å². The molecule has 0 radical (unpaired) electrons. The molecule has 0 fully saturated rings. The van der Waals surface area contributed by atoms with Gasteiger partial charge in [0.2, 0.25) is 6.33 Å². The van der Waals surface area contributed by atoms with Gasteiger partial charge in [0, 0.05) is 6.42 Å². The van der Waals surface area contributed by atoms with Crippen LogP contribution in [0.4, 0.5) is 0 Å². The van der Waals surface area contributed by atoms with E-state index in [-0.39, 0.29) is 5.54 Å². The van der Waals surface area contributed by atoms with Crippen LogP contribution in [-0.4, -0.2) is 4.57 Å². The zero-order valence-corrected chi connectivity index (χ0v) is 18.1. The molecular formula is C23H31Cl2N2+. The molecule has 1 aliphatic rings. The normalized spacial score (nSPS) is 18.7. The summed E-state index contributed by atoms with van der Waals surface area (Å²) >= 11 is 13.3. The Kier molecular flexibility index (Phi) is 7.05. The zero-order chi connectivity index (χ0) is 19.3. The number of hydrogen-bond donors (Lipinski definition) is 0. The van der Waals surface area contributed by atoms with Gasteiger partial charge in [0.15, 0.2) is 0 Å². The van der Waals surface area contributed by atoms with Gasteiger partial charge in [-0.25, -0.2) is 9.13 Å². The van der Waals surface area contributed by atoms with Gasteiger partial charge >= 0.3 is 0 Å². The highest BCUT2D eigenvalue weighted by atomic mass is 35.5. The van der Waals surface area contributed by atoms with Crippen molar-refractivity contribution in [2.75, 3.05) is 0 Å². The maximum absolute atomic E-state index is 6.70. The second-order valence-corrected chi connectivity index (χ2v) is 8.41. The van der Waals surface area contributed by atoms with Crippen molar-refractivity contribution in [3.8, 4) is 0 Å². The minimum atomic E-state index is -0.151. The van der Waals surface area contributed by atoms with E-state index >= 15 is 0 Å². The Bertz CT molecular complexity index is 794. The lowest BCUT2D eigenvalue weighted by atomic mass is 9.81. The molecule has 0 amide bonds. The number of allylic oxidation sites excluding steroid dienone is 1. The van der Waals surface area contributed by atoms with Crippen molar-refractivity contribution in [3.05, 3.63) is 58.1 Å². The topological polar surface area (TPSA) is 8.81 Å². The fraction of sp³-hybridized carbons (Fsp3) is 0.522. The number of imidazole rings is 1. The molecule has 4 heteroatoms. The molecule has 0 N–H and O–H groups in total. The number of aryl methyl sites for hydroxylation is 1. The van der Waals surface area contributed by atoms with Gasteiger partial charge in [-0.1, -0.05) is 69.9 Å². The maximum atomic E-state index is 6.70. The number of fused-ring (bicyclic) bond motifs is 1. The molecule has 0 saturated carbocycles. The second-order valence-electron chi connectivity index (χ2n) is 7.69. The number of rotatable bonds is 9. The van der Waals surface area contributed by atoms with Crippen molar-refractivity contribution in [1.29, 1.82) is 0 Å². The van der Waals surface area contributed by atoms with E-state index < -0.39 is 0 Å². The molecule has 1 aromatic heterocycles. The summed E-state index contributed by atoms with van der Waals surface area (Å²) in [5, 5.41) is 1.30. The van der Waals surface area contributed by atoms with Gasteiger partial charge in [0.05, 0.1) is 6.54 Å². The number of benzene rings is 1. The van der Waals surface area contributed by atoms with E-state index in [1.807, 2.05) is 0 Å². The molecule has 1 unspecified atom stereocenters. The predicted octanol–water partition coefficient (Wildman–Crippen LogP) is 6.82. The van der Waals surface area contributed by atoms with Gasteiger partial charge < -0.3 is 0 Å². The third-order valence-electron chi connectivity index (χ3n) is 5.86. The second kappa shape index (κ2) is 9.30. The van der Waals surface area contributed by atoms with Crippen molar-refractivity contribution in [2.45, 2.75) is 77.3 Å². The van der Waals surface area contributed by atoms with Gasteiger partial charge in [0.25, 0.3) is 10.3 Å². The summed E-state index contributed by atoms with van der Waals surface area (Å²) < 4.78 is 4.30. The number of unbranched alkanes of at least 4 members (excludes halogenated alkanes) is 5. The summed E-state index contributed by atoms with van der Waals surface area (Å²) in [6.07, 6.45) is 16.2. The monoisotopic (exact) mass is 405 g/mol. The molecular weight excluding hydrogens is 375 g/mol. The van der Waals surface area contributed by atoms with Crippen LogP contribution in [0.15, 0.2) is 36.7 Å². The maximum Gasteiger partial charge on any atom is 0.255 e. The Hall–Kier alpha value is -1.25. The van der Waals surface area contributed by atoms with Crippen LogP contribution in [0.25, 0.3) is 6.08 Å². The Labute approximate surface area is 173 Å². The molecule has 0 bridgehead atoms. The Morgan fingerprint density at radius 3 is 2.56 bits per heavy atom. The first kappa shape index (κ1) is 20.5. The zero-order valence-electron chi connectivity index (χ0n) is 16.6. The Balaban J connectivity index is 1.76. The standard InChI is InChI=1S/C23H31Cl2N2/c1-3-5-6-7-8-11-16-26-18-27(22(25)21(26)24)23(4-2)15-14-19-12-9-10-13-20(19)17-23/h9-10,12-15,18H,3-8,11,16-17H2,1-2H3/q+1. The molecule has 0 aliphatic heterocycles. The van der Waals surface area contributed by atoms with Gasteiger partial charge in [-0.05, 0) is 59.7 Å². The van der Waals surface area contributed by atoms with Crippen molar-refractivity contribution < 1.29 is 4.57 Å². The Morgan fingerprint density at radius 1 is 1.04 bits per heavy atom. The lowest BCUT2D eigenvalue weighted by molar-refractivity contribution is -0.695. The van der Waals surface area contributed by atoms with E-state index in [1.54, 1.807) is 0 Å². The molecule has 3 rings (SSSR count). The Morgan fingerprint density at radius 2 is 1.78 bits per heavy atom. The number of hydrogen-bond acceptors (Lipinski definition) is 0. The van der Waals surface area contributed by atoms with E-state index in [0.717, 1.165) is 25.8 Å². The van der Waals surface area contributed by atoms with Crippen LogP contribution in [0.3, 0.4) is 0 Å². The highest BCUT2D eigenvalue weighted by molar-refractivity contribution is 6.39. The van der Waals surface area contributed by atoms with Crippen LogP contribution in [0, 0.1) is 0 Å². The van der Waals surface area contributed by atoms with Crippen LogP contribution in [0.2, 0.25) is 10.3 Å². The molecule has 0 spiro atoms. The van der Waals surface area contributed by atoms with E-state index in [9.17, 15) is 0 Å². The summed E-state index contributed by atoms with van der Waals surface area (Å²) in [4.78, 5) is 0. The molecule has 1 heterocycles. The van der Waals surface area contributed by atoms with E-state index in [2.05, 4.69) is 65.7 Å². The average Bonchev–Trinajstić information content (AvgIpc) is 2.99. The number of halogens is 2. The van der Waals surface area contributed by atoms with Crippen molar-refractivity contribution >= 4 is 29.3 Å². The SMILES string of the molecule is CCCCCCCC[n+]1cn(C2(CC)C=Cc3ccccc3C2)c(Cl)c1Cl. The van der Waals surface area contributed by atoms with Gasteiger partial charge in [-0.2, -0.15) is 0 Å². The van der Waals surface area contributed by atoms with Crippen molar-refractivity contribution in [3.63, 3.8) is 0 Å². The molecule has 146 valence electrons. The first-order valence-corrected chi connectivity index (χ1v) is 11.1. The summed E-state index contributed by atoms with van der Waals surface area (Å²) in [5.41, 5.74) is 2.52. The molecule has 2 aromatic rings. The molecule has 1 aliphatic carbocycles. The molecule has 27 heavy (non-hydrogen) atoms. The van der Waals surface area contributed by atoms with Crippen molar-refractivity contribution in [1.82, 2.24) is 4.57 Å². The molecule has 2 nitrogen and oxygen atoms in total. The largest absolute Gasteiger partial charge is 0.255 e. The van der Waals surface area contributed by atoms with Gasteiger partial charge in [0.1, 0.15) is 5.54 Å². The summed E-state index contributed by atoms with van der Waals surface area (Å²) in [6, 6.07) is 8.60. The van der Waals surface area contributed by atoms with E-state index in [4.69, 9.17) is 23.2 Å². The summed E-state index contributed by atoms with van der Waals surface area (Å²) in [6.45, 7) is 5.40. The van der Waals surface area contributed by atoms with Gasteiger partial charge in [-0.3, -0.25) is 0 Å². The van der Waals surface area contributed by atoms with Crippen LogP contribution in [0.5, 0.6) is 0 Å². The average molecular weight is 406 g/mol. The van der Waals surface area contributed by atoms with Crippen LogP contribution < -0.4 is 4.57 Å². The van der Waals surface area contributed by atoms with E-state index in [1.165, 1.54) is 43.2 Å². The first-order chi connectivity index (χ1) is 13.1. The number of nitrogens with zero attached hydrogens (tertiary/aromatic N) is 2.